The van der Waals surface area contributed by atoms with Gasteiger partial charge in [0, 0.05) is 6.54 Å². The van der Waals surface area contributed by atoms with Crippen LogP contribution in [0, 0.1) is 5.92 Å². The molecule has 0 radical (unpaired) electrons. The first kappa shape index (κ1) is 8.54. The maximum atomic E-state index is 3.15. The van der Waals surface area contributed by atoms with E-state index >= 15 is 0 Å². The van der Waals surface area contributed by atoms with Crippen molar-refractivity contribution in [3.8, 4) is 0 Å². The van der Waals surface area contributed by atoms with Gasteiger partial charge < -0.3 is 5.32 Å². The molecule has 0 aliphatic heterocycles. The summed E-state index contributed by atoms with van der Waals surface area (Å²) in [6, 6.07) is 0. The summed E-state index contributed by atoms with van der Waals surface area (Å²) in [5.74, 6) is 0.788. The van der Waals surface area contributed by atoms with Crippen molar-refractivity contribution in [3.05, 3.63) is 23.8 Å². The zero-order valence-corrected chi connectivity index (χ0v) is 7.43. The molecular weight excluding hydrogens is 134 g/mol. The van der Waals surface area contributed by atoms with E-state index in [4.69, 9.17) is 0 Å². The van der Waals surface area contributed by atoms with Gasteiger partial charge in [-0.05, 0) is 31.4 Å². The second-order valence-electron chi connectivity index (χ2n) is 3.07. The molecule has 62 valence electrons. The predicted octanol–water partition coefficient (Wildman–Crippen LogP) is 2.12. The molecule has 1 aliphatic rings. The molecule has 0 saturated heterocycles. The summed E-state index contributed by atoms with van der Waals surface area (Å²) in [4.78, 5) is 0. The van der Waals surface area contributed by atoms with E-state index in [1.165, 1.54) is 18.4 Å². The third-order valence-electron chi connectivity index (χ3n) is 2.17. The summed E-state index contributed by atoms with van der Waals surface area (Å²) in [6.07, 6.45) is 9.40. The first-order valence-corrected chi connectivity index (χ1v) is 4.38. The molecule has 1 nitrogen and oxygen atoms in total. The van der Waals surface area contributed by atoms with Gasteiger partial charge in [0.05, 0.1) is 0 Å². The van der Waals surface area contributed by atoms with Crippen molar-refractivity contribution in [2.75, 3.05) is 13.6 Å². The van der Waals surface area contributed by atoms with Crippen LogP contribution in [-0.4, -0.2) is 13.6 Å². The average molecular weight is 151 g/mol. The maximum Gasteiger partial charge on any atom is 0.0199 e. The fraction of sp³-hybridized carbons (Fsp3) is 0.600. The van der Waals surface area contributed by atoms with E-state index in [9.17, 15) is 0 Å². The molecule has 1 atom stereocenters. The minimum absolute atomic E-state index is 0.788. The van der Waals surface area contributed by atoms with Gasteiger partial charge in [0.1, 0.15) is 0 Å². The molecular formula is C10H17N. The van der Waals surface area contributed by atoms with Crippen LogP contribution in [0.3, 0.4) is 0 Å². The molecule has 0 heterocycles. The number of rotatable bonds is 3. The summed E-state index contributed by atoms with van der Waals surface area (Å²) in [7, 11) is 1.99. The molecule has 0 aromatic heterocycles. The van der Waals surface area contributed by atoms with E-state index in [1.807, 2.05) is 7.05 Å². The van der Waals surface area contributed by atoms with Crippen LogP contribution in [0.5, 0.6) is 0 Å². The van der Waals surface area contributed by atoms with Crippen molar-refractivity contribution in [3.63, 3.8) is 0 Å². The molecule has 11 heavy (non-hydrogen) atoms. The van der Waals surface area contributed by atoms with Gasteiger partial charge in [-0.1, -0.05) is 25.2 Å². The molecule has 0 amide bonds. The molecule has 0 bridgehead atoms. The van der Waals surface area contributed by atoms with Gasteiger partial charge in [0.25, 0.3) is 0 Å². The normalized spacial score (nSPS) is 23.5. The first-order valence-electron chi connectivity index (χ1n) is 4.38. The van der Waals surface area contributed by atoms with Gasteiger partial charge in [-0.25, -0.2) is 0 Å². The van der Waals surface area contributed by atoms with E-state index in [0.717, 1.165) is 12.5 Å². The number of likely N-dealkylation sites (N-methyl/N-ethyl adjacent to an activating group) is 1. The molecule has 1 heteroatoms. The van der Waals surface area contributed by atoms with Crippen LogP contribution >= 0.6 is 0 Å². The Hall–Kier alpha value is -0.560. The minimum atomic E-state index is 0.788. The van der Waals surface area contributed by atoms with Crippen molar-refractivity contribution in [1.82, 2.24) is 5.32 Å². The van der Waals surface area contributed by atoms with Crippen LogP contribution in [0.25, 0.3) is 0 Å². The standard InChI is InChI=1S/C10H17N/c1-3-9-4-6-10(7-5-9)8-11-2/h4,6-7,9,11H,3,5,8H2,1-2H3. The van der Waals surface area contributed by atoms with Gasteiger partial charge >= 0.3 is 0 Å². The van der Waals surface area contributed by atoms with E-state index in [0.29, 0.717) is 0 Å². The average Bonchev–Trinajstić information content (AvgIpc) is 2.07. The molecule has 1 rings (SSSR count). The van der Waals surface area contributed by atoms with Crippen LogP contribution in [0.1, 0.15) is 19.8 Å². The highest BCUT2D eigenvalue weighted by atomic mass is 14.8. The molecule has 0 aromatic carbocycles. The summed E-state index contributed by atoms with van der Waals surface area (Å²) in [5.41, 5.74) is 1.43. The first-order chi connectivity index (χ1) is 5.36. The van der Waals surface area contributed by atoms with Crippen LogP contribution in [0.15, 0.2) is 23.8 Å². The van der Waals surface area contributed by atoms with Crippen molar-refractivity contribution in [2.24, 2.45) is 5.92 Å². The Kier molecular flexibility index (Phi) is 3.37. The van der Waals surface area contributed by atoms with Crippen LogP contribution in [0.2, 0.25) is 0 Å². The molecule has 0 aromatic rings. The lowest BCUT2D eigenvalue weighted by molar-refractivity contribution is 0.626. The Morgan fingerprint density at radius 3 is 2.91 bits per heavy atom. The second-order valence-corrected chi connectivity index (χ2v) is 3.07. The highest BCUT2D eigenvalue weighted by molar-refractivity contribution is 5.24. The van der Waals surface area contributed by atoms with Crippen molar-refractivity contribution >= 4 is 0 Å². The Bertz CT molecular complexity index is 168. The SMILES string of the molecule is CCC1C=CC(CNC)=CC1. The molecule has 0 spiro atoms. The fourth-order valence-corrected chi connectivity index (χ4v) is 1.35. The number of nitrogens with one attached hydrogen (secondary N) is 1. The highest BCUT2D eigenvalue weighted by Crippen LogP contribution is 2.18. The van der Waals surface area contributed by atoms with Gasteiger partial charge in [0.15, 0.2) is 0 Å². The monoisotopic (exact) mass is 151 g/mol. The summed E-state index contributed by atoms with van der Waals surface area (Å²) in [6.45, 7) is 3.25. The molecule has 1 aliphatic carbocycles. The van der Waals surface area contributed by atoms with Crippen LogP contribution in [0.4, 0.5) is 0 Å². The third-order valence-corrected chi connectivity index (χ3v) is 2.17. The number of allylic oxidation sites excluding steroid dienone is 2. The van der Waals surface area contributed by atoms with Gasteiger partial charge in [-0.15, -0.1) is 0 Å². The van der Waals surface area contributed by atoms with Crippen molar-refractivity contribution < 1.29 is 0 Å². The molecule has 1 unspecified atom stereocenters. The lowest BCUT2D eigenvalue weighted by Gasteiger charge is -2.13. The fourth-order valence-electron chi connectivity index (χ4n) is 1.35. The number of hydrogen-bond donors (Lipinski definition) is 1. The Morgan fingerprint density at radius 2 is 2.45 bits per heavy atom. The smallest absolute Gasteiger partial charge is 0.0199 e. The zero-order chi connectivity index (χ0) is 8.10. The third kappa shape index (κ3) is 2.51. The summed E-state index contributed by atoms with van der Waals surface area (Å²) in [5, 5.41) is 3.15. The number of hydrogen-bond acceptors (Lipinski definition) is 1. The largest absolute Gasteiger partial charge is 0.316 e. The Balaban J connectivity index is 2.39. The minimum Gasteiger partial charge on any atom is -0.316 e. The zero-order valence-electron chi connectivity index (χ0n) is 7.43. The van der Waals surface area contributed by atoms with Gasteiger partial charge in [-0.3, -0.25) is 0 Å². The van der Waals surface area contributed by atoms with Gasteiger partial charge in [-0.2, -0.15) is 0 Å². The Labute approximate surface area is 69.2 Å². The maximum absolute atomic E-state index is 3.15. The van der Waals surface area contributed by atoms with Crippen LogP contribution in [-0.2, 0) is 0 Å². The predicted molar refractivity (Wildman–Crippen MR) is 49.5 cm³/mol. The Morgan fingerprint density at radius 1 is 1.64 bits per heavy atom. The topological polar surface area (TPSA) is 12.0 Å². The van der Waals surface area contributed by atoms with E-state index in [2.05, 4.69) is 30.5 Å². The highest BCUT2D eigenvalue weighted by Gasteiger charge is 2.04. The van der Waals surface area contributed by atoms with Crippen LogP contribution < -0.4 is 5.32 Å². The van der Waals surface area contributed by atoms with E-state index < -0.39 is 0 Å². The van der Waals surface area contributed by atoms with E-state index in [1.54, 1.807) is 0 Å². The molecule has 0 saturated carbocycles. The lowest BCUT2D eigenvalue weighted by atomic mass is 9.95. The molecule has 0 fully saturated rings. The van der Waals surface area contributed by atoms with Crippen molar-refractivity contribution in [1.29, 1.82) is 0 Å². The van der Waals surface area contributed by atoms with Gasteiger partial charge in [0.2, 0.25) is 0 Å². The summed E-state index contributed by atoms with van der Waals surface area (Å²) < 4.78 is 0. The molecule has 1 N–H and O–H groups in total. The van der Waals surface area contributed by atoms with Crippen molar-refractivity contribution in [2.45, 2.75) is 19.8 Å². The van der Waals surface area contributed by atoms with E-state index in [-0.39, 0.29) is 0 Å². The quantitative estimate of drug-likeness (QED) is 0.651. The summed E-state index contributed by atoms with van der Waals surface area (Å²) >= 11 is 0. The second kappa shape index (κ2) is 4.35. The lowest BCUT2D eigenvalue weighted by Crippen LogP contribution is -2.11.